The number of nitrogens with one attached hydrogen (secondary N) is 2. The fraction of sp³-hybridized carbons (Fsp3) is 0.333. The van der Waals surface area contributed by atoms with Gasteiger partial charge in [-0.3, -0.25) is 0 Å². The van der Waals surface area contributed by atoms with E-state index in [9.17, 15) is 0 Å². The number of anilines is 2. The number of rotatable bonds is 3. The Bertz CT molecular complexity index is 611. The average Bonchev–Trinajstić information content (AvgIpc) is 2.49. The lowest BCUT2D eigenvalue weighted by atomic mass is 9.88. The molecule has 0 saturated carbocycles. The Morgan fingerprint density at radius 1 is 1.15 bits per heavy atom. The Hall–Kier alpha value is -2.14. The Kier molecular flexibility index (Phi) is 3.52. The third kappa shape index (κ3) is 2.44. The van der Waals surface area contributed by atoms with Crippen LogP contribution in [0.2, 0.25) is 0 Å². The van der Waals surface area contributed by atoms with E-state index in [0.717, 1.165) is 30.6 Å². The fourth-order valence-electron chi connectivity index (χ4n) is 2.76. The van der Waals surface area contributed by atoms with Crippen LogP contribution >= 0.6 is 0 Å². The van der Waals surface area contributed by atoms with Crippen molar-refractivity contribution in [1.29, 1.82) is 0 Å². The lowest BCUT2D eigenvalue weighted by molar-refractivity contribution is 0.608. The standard InChI is InChI=1S/C15H19N5/c1-10-14(17-9-18-15(10)20-16)19-13-7-6-11-4-2-3-5-12(11)8-13/h2-5,9,13H,6-8,16H2,1H3,(H2,17,18,19,20). The molecule has 0 amide bonds. The molecule has 1 unspecified atom stereocenters. The highest BCUT2D eigenvalue weighted by molar-refractivity contribution is 5.56. The highest BCUT2D eigenvalue weighted by Gasteiger charge is 2.19. The summed E-state index contributed by atoms with van der Waals surface area (Å²) < 4.78 is 0. The van der Waals surface area contributed by atoms with Gasteiger partial charge in [0.25, 0.3) is 0 Å². The third-order valence-electron chi connectivity index (χ3n) is 3.91. The molecular formula is C15H19N5. The summed E-state index contributed by atoms with van der Waals surface area (Å²) in [6, 6.07) is 9.05. The maximum Gasteiger partial charge on any atom is 0.148 e. The monoisotopic (exact) mass is 269 g/mol. The predicted octanol–water partition coefficient (Wildman–Crippen LogP) is 2.04. The van der Waals surface area contributed by atoms with Gasteiger partial charge in [0.05, 0.1) is 0 Å². The molecule has 0 spiro atoms. The summed E-state index contributed by atoms with van der Waals surface area (Å²) in [5, 5.41) is 3.52. The molecule has 1 aliphatic rings. The second-order valence-corrected chi connectivity index (χ2v) is 5.19. The first-order valence-corrected chi connectivity index (χ1v) is 6.89. The zero-order valence-corrected chi connectivity index (χ0v) is 11.6. The highest BCUT2D eigenvalue weighted by Crippen LogP contribution is 2.25. The molecule has 104 valence electrons. The molecule has 0 saturated heterocycles. The zero-order chi connectivity index (χ0) is 13.9. The molecule has 1 aromatic heterocycles. The van der Waals surface area contributed by atoms with Crippen molar-refractivity contribution in [2.24, 2.45) is 5.84 Å². The largest absolute Gasteiger partial charge is 0.367 e. The van der Waals surface area contributed by atoms with Gasteiger partial charge >= 0.3 is 0 Å². The van der Waals surface area contributed by atoms with E-state index >= 15 is 0 Å². The first kappa shape index (κ1) is 12.9. The Morgan fingerprint density at radius 3 is 2.70 bits per heavy atom. The van der Waals surface area contributed by atoms with Crippen molar-refractivity contribution in [3.63, 3.8) is 0 Å². The van der Waals surface area contributed by atoms with Gasteiger partial charge in [0.2, 0.25) is 0 Å². The second-order valence-electron chi connectivity index (χ2n) is 5.19. The highest BCUT2D eigenvalue weighted by atomic mass is 15.3. The van der Waals surface area contributed by atoms with Crippen molar-refractivity contribution >= 4 is 11.6 Å². The van der Waals surface area contributed by atoms with E-state index < -0.39 is 0 Å². The van der Waals surface area contributed by atoms with Crippen LogP contribution in [0.25, 0.3) is 0 Å². The molecule has 2 aromatic rings. The molecule has 1 heterocycles. The van der Waals surface area contributed by atoms with Crippen molar-refractivity contribution in [2.45, 2.75) is 32.2 Å². The molecule has 3 rings (SSSR count). The number of benzene rings is 1. The van der Waals surface area contributed by atoms with E-state index in [1.807, 2.05) is 6.92 Å². The number of fused-ring (bicyclic) bond motifs is 1. The number of aryl methyl sites for hydroxylation is 1. The van der Waals surface area contributed by atoms with E-state index in [1.54, 1.807) is 0 Å². The van der Waals surface area contributed by atoms with Gasteiger partial charge in [-0.2, -0.15) is 0 Å². The van der Waals surface area contributed by atoms with Crippen molar-refractivity contribution < 1.29 is 0 Å². The molecule has 1 atom stereocenters. The molecule has 0 aliphatic heterocycles. The summed E-state index contributed by atoms with van der Waals surface area (Å²) in [4.78, 5) is 8.42. The van der Waals surface area contributed by atoms with Gasteiger partial charge < -0.3 is 10.7 Å². The summed E-state index contributed by atoms with van der Waals surface area (Å²) >= 11 is 0. The van der Waals surface area contributed by atoms with Crippen molar-refractivity contribution in [2.75, 3.05) is 10.7 Å². The van der Waals surface area contributed by atoms with Crippen LogP contribution in [0.1, 0.15) is 23.1 Å². The van der Waals surface area contributed by atoms with E-state index in [1.165, 1.54) is 17.5 Å². The molecule has 0 radical (unpaired) electrons. The Balaban J connectivity index is 1.77. The van der Waals surface area contributed by atoms with Gasteiger partial charge in [0.15, 0.2) is 0 Å². The summed E-state index contributed by atoms with van der Waals surface area (Å²) in [5.41, 5.74) is 6.45. The minimum Gasteiger partial charge on any atom is -0.367 e. The predicted molar refractivity (Wildman–Crippen MR) is 80.5 cm³/mol. The van der Waals surface area contributed by atoms with Crippen molar-refractivity contribution in [3.8, 4) is 0 Å². The van der Waals surface area contributed by atoms with Crippen LogP contribution in [0.5, 0.6) is 0 Å². The maximum absolute atomic E-state index is 5.45. The van der Waals surface area contributed by atoms with Crippen LogP contribution in [-0.2, 0) is 12.8 Å². The number of nitrogens with zero attached hydrogens (tertiary/aromatic N) is 2. The summed E-state index contributed by atoms with van der Waals surface area (Å²) in [6.45, 7) is 1.97. The van der Waals surface area contributed by atoms with Crippen LogP contribution in [0.4, 0.5) is 11.6 Å². The number of nitrogen functional groups attached to an aromatic ring is 1. The lowest BCUT2D eigenvalue weighted by Crippen LogP contribution is -2.28. The van der Waals surface area contributed by atoms with Gasteiger partial charge in [-0.15, -0.1) is 0 Å². The van der Waals surface area contributed by atoms with Gasteiger partial charge in [0.1, 0.15) is 18.0 Å². The fourth-order valence-corrected chi connectivity index (χ4v) is 2.76. The molecule has 1 aliphatic carbocycles. The first-order chi connectivity index (χ1) is 9.78. The first-order valence-electron chi connectivity index (χ1n) is 6.89. The van der Waals surface area contributed by atoms with Crippen LogP contribution in [-0.4, -0.2) is 16.0 Å². The van der Waals surface area contributed by atoms with E-state index in [-0.39, 0.29) is 0 Å². The normalized spacial score (nSPS) is 17.4. The summed E-state index contributed by atoms with van der Waals surface area (Å²) in [5.74, 6) is 6.97. The van der Waals surface area contributed by atoms with Gasteiger partial charge in [0, 0.05) is 11.6 Å². The van der Waals surface area contributed by atoms with E-state index in [4.69, 9.17) is 5.84 Å². The number of nitrogens with two attached hydrogens (primary N) is 1. The number of aromatic nitrogens is 2. The molecule has 0 bridgehead atoms. The van der Waals surface area contributed by atoms with Crippen LogP contribution < -0.4 is 16.6 Å². The molecule has 0 fully saturated rings. The summed E-state index contributed by atoms with van der Waals surface area (Å²) in [6.07, 6.45) is 4.79. The molecule has 20 heavy (non-hydrogen) atoms. The zero-order valence-electron chi connectivity index (χ0n) is 11.6. The smallest absolute Gasteiger partial charge is 0.148 e. The molecule has 4 N–H and O–H groups in total. The summed E-state index contributed by atoms with van der Waals surface area (Å²) in [7, 11) is 0. The van der Waals surface area contributed by atoms with Crippen LogP contribution in [0.15, 0.2) is 30.6 Å². The van der Waals surface area contributed by atoms with Gasteiger partial charge in [-0.25, -0.2) is 15.8 Å². The minimum atomic E-state index is 0.407. The Morgan fingerprint density at radius 2 is 1.90 bits per heavy atom. The van der Waals surface area contributed by atoms with Gasteiger partial charge in [-0.05, 0) is 37.3 Å². The average molecular weight is 269 g/mol. The molecular weight excluding hydrogens is 250 g/mol. The number of hydrogen-bond donors (Lipinski definition) is 3. The molecule has 5 nitrogen and oxygen atoms in total. The quantitative estimate of drug-likeness (QED) is 0.587. The van der Waals surface area contributed by atoms with Crippen molar-refractivity contribution in [1.82, 2.24) is 9.97 Å². The van der Waals surface area contributed by atoms with Gasteiger partial charge in [-0.1, -0.05) is 24.3 Å². The topological polar surface area (TPSA) is 75.9 Å². The Labute approximate surface area is 118 Å². The molecule has 5 heteroatoms. The maximum atomic E-state index is 5.45. The number of hydrogen-bond acceptors (Lipinski definition) is 5. The second kappa shape index (κ2) is 5.46. The third-order valence-corrected chi connectivity index (χ3v) is 3.91. The SMILES string of the molecule is Cc1c(NN)ncnc1NC1CCc2ccccc2C1. The molecule has 1 aromatic carbocycles. The van der Waals surface area contributed by atoms with Crippen molar-refractivity contribution in [3.05, 3.63) is 47.3 Å². The van der Waals surface area contributed by atoms with Crippen LogP contribution in [0, 0.1) is 6.92 Å². The lowest BCUT2D eigenvalue weighted by Gasteiger charge is -2.26. The van der Waals surface area contributed by atoms with Crippen LogP contribution in [0.3, 0.4) is 0 Å². The number of hydrazine groups is 1. The van der Waals surface area contributed by atoms with E-state index in [0.29, 0.717) is 11.9 Å². The van der Waals surface area contributed by atoms with E-state index in [2.05, 4.69) is 45.0 Å². The minimum absolute atomic E-state index is 0.407.